The molecule has 1 aromatic heterocycles. The van der Waals surface area contributed by atoms with Gasteiger partial charge in [-0.3, -0.25) is 4.98 Å². The summed E-state index contributed by atoms with van der Waals surface area (Å²) in [5.74, 6) is 0. The second-order valence-corrected chi connectivity index (χ2v) is 5.57. The van der Waals surface area contributed by atoms with Crippen molar-refractivity contribution in [3.63, 3.8) is 0 Å². The van der Waals surface area contributed by atoms with Gasteiger partial charge in [-0.2, -0.15) is 0 Å². The highest BCUT2D eigenvalue weighted by Crippen LogP contribution is 2.26. The predicted molar refractivity (Wildman–Crippen MR) is 78.1 cm³/mol. The van der Waals surface area contributed by atoms with E-state index in [0.29, 0.717) is 0 Å². The van der Waals surface area contributed by atoms with Crippen molar-refractivity contribution in [3.8, 4) is 0 Å². The SMILES string of the molecule is Cc1ccc(CNc2cc(Br)ccc2Br)nc1. The van der Waals surface area contributed by atoms with E-state index in [2.05, 4.69) is 48.2 Å². The number of halogens is 2. The molecule has 0 aliphatic rings. The van der Waals surface area contributed by atoms with Crippen LogP contribution in [-0.2, 0) is 6.54 Å². The highest BCUT2D eigenvalue weighted by molar-refractivity contribution is 9.11. The van der Waals surface area contributed by atoms with Gasteiger partial charge in [0.1, 0.15) is 0 Å². The molecule has 0 aliphatic heterocycles. The minimum absolute atomic E-state index is 0.718. The van der Waals surface area contributed by atoms with Crippen LogP contribution in [0.15, 0.2) is 45.5 Å². The van der Waals surface area contributed by atoms with Gasteiger partial charge in [-0.1, -0.05) is 22.0 Å². The third kappa shape index (κ3) is 3.54. The molecule has 0 amide bonds. The Bertz CT molecular complexity index is 509. The van der Waals surface area contributed by atoms with E-state index in [1.807, 2.05) is 37.4 Å². The summed E-state index contributed by atoms with van der Waals surface area (Å²) < 4.78 is 2.10. The number of hydrogen-bond acceptors (Lipinski definition) is 2. The Morgan fingerprint density at radius 2 is 2.00 bits per heavy atom. The Kier molecular flexibility index (Phi) is 4.18. The van der Waals surface area contributed by atoms with E-state index >= 15 is 0 Å². The first kappa shape index (κ1) is 12.6. The van der Waals surface area contributed by atoms with Gasteiger partial charge in [0.05, 0.1) is 12.2 Å². The maximum atomic E-state index is 4.36. The molecular formula is C13H12Br2N2. The van der Waals surface area contributed by atoms with Crippen LogP contribution in [0.2, 0.25) is 0 Å². The van der Waals surface area contributed by atoms with Crippen molar-refractivity contribution in [1.82, 2.24) is 4.98 Å². The van der Waals surface area contributed by atoms with Gasteiger partial charge in [-0.25, -0.2) is 0 Å². The fraction of sp³-hybridized carbons (Fsp3) is 0.154. The molecule has 1 aromatic carbocycles. The van der Waals surface area contributed by atoms with E-state index < -0.39 is 0 Å². The Morgan fingerprint density at radius 3 is 2.71 bits per heavy atom. The molecule has 0 spiro atoms. The van der Waals surface area contributed by atoms with E-state index in [1.165, 1.54) is 5.56 Å². The zero-order valence-corrected chi connectivity index (χ0v) is 12.5. The molecule has 0 unspecified atom stereocenters. The molecule has 1 N–H and O–H groups in total. The van der Waals surface area contributed by atoms with E-state index in [-0.39, 0.29) is 0 Å². The van der Waals surface area contributed by atoms with Gasteiger partial charge in [0, 0.05) is 20.8 Å². The van der Waals surface area contributed by atoms with Gasteiger partial charge in [-0.15, -0.1) is 0 Å². The first-order valence-electron chi connectivity index (χ1n) is 5.25. The zero-order chi connectivity index (χ0) is 12.3. The van der Waals surface area contributed by atoms with Gasteiger partial charge in [0.2, 0.25) is 0 Å². The summed E-state index contributed by atoms with van der Waals surface area (Å²) in [6, 6.07) is 10.2. The van der Waals surface area contributed by atoms with Crippen LogP contribution in [0.25, 0.3) is 0 Å². The number of nitrogens with zero attached hydrogens (tertiary/aromatic N) is 1. The van der Waals surface area contributed by atoms with Crippen molar-refractivity contribution < 1.29 is 0 Å². The van der Waals surface area contributed by atoms with Crippen LogP contribution in [0.5, 0.6) is 0 Å². The monoisotopic (exact) mass is 354 g/mol. The van der Waals surface area contributed by atoms with Crippen LogP contribution in [0.3, 0.4) is 0 Å². The highest BCUT2D eigenvalue weighted by Gasteiger charge is 2.01. The summed E-state index contributed by atoms with van der Waals surface area (Å²) in [7, 11) is 0. The zero-order valence-electron chi connectivity index (χ0n) is 9.37. The number of aromatic nitrogens is 1. The minimum atomic E-state index is 0.718. The lowest BCUT2D eigenvalue weighted by Gasteiger charge is -2.08. The lowest BCUT2D eigenvalue weighted by Crippen LogP contribution is -2.02. The number of hydrogen-bond donors (Lipinski definition) is 1. The van der Waals surface area contributed by atoms with Crippen LogP contribution in [0.4, 0.5) is 5.69 Å². The summed E-state index contributed by atoms with van der Waals surface area (Å²) >= 11 is 6.97. The molecule has 1 heterocycles. The molecule has 2 aromatic rings. The molecule has 4 heteroatoms. The van der Waals surface area contributed by atoms with Gasteiger partial charge in [0.15, 0.2) is 0 Å². The van der Waals surface area contributed by atoms with Gasteiger partial charge in [0.25, 0.3) is 0 Å². The lowest BCUT2D eigenvalue weighted by molar-refractivity contribution is 1.03. The maximum Gasteiger partial charge on any atom is 0.0594 e. The number of benzene rings is 1. The van der Waals surface area contributed by atoms with Crippen molar-refractivity contribution in [2.75, 3.05) is 5.32 Å². The van der Waals surface area contributed by atoms with Crippen LogP contribution in [0.1, 0.15) is 11.3 Å². The Balaban J connectivity index is 2.07. The minimum Gasteiger partial charge on any atom is -0.378 e. The fourth-order valence-corrected chi connectivity index (χ4v) is 2.17. The van der Waals surface area contributed by atoms with Crippen LogP contribution >= 0.6 is 31.9 Å². The maximum absolute atomic E-state index is 4.36. The van der Waals surface area contributed by atoms with Gasteiger partial charge >= 0.3 is 0 Å². The molecule has 0 saturated heterocycles. The Labute approximate surface area is 118 Å². The second-order valence-electron chi connectivity index (χ2n) is 3.80. The van der Waals surface area contributed by atoms with Crippen molar-refractivity contribution >= 4 is 37.5 Å². The van der Waals surface area contributed by atoms with E-state index in [1.54, 1.807) is 0 Å². The third-order valence-electron chi connectivity index (χ3n) is 2.36. The number of rotatable bonds is 3. The molecule has 88 valence electrons. The number of aryl methyl sites for hydroxylation is 1. The normalized spacial score (nSPS) is 10.3. The molecule has 17 heavy (non-hydrogen) atoms. The van der Waals surface area contributed by atoms with E-state index in [4.69, 9.17) is 0 Å². The molecule has 2 nitrogen and oxygen atoms in total. The smallest absolute Gasteiger partial charge is 0.0594 e. The highest BCUT2D eigenvalue weighted by atomic mass is 79.9. The van der Waals surface area contributed by atoms with Gasteiger partial charge in [-0.05, 0) is 52.7 Å². The number of nitrogens with one attached hydrogen (secondary N) is 1. The first-order chi connectivity index (χ1) is 8.15. The Morgan fingerprint density at radius 1 is 1.18 bits per heavy atom. The molecule has 0 aliphatic carbocycles. The Hall–Kier alpha value is -0.870. The summed E-state index contributed by atoms with van der Waals surface area (Å²) in [5, 5.41) is 3.35. The summed E-state index contributed by atoms with van der Waals surface area (Å²) in [4.78, 5) is 4.36. The summed E-state index contributed by atoms with van der Waals surface area (Å²) in [5.41, 5.74) is 3.27. The largest absolute Gasteiger partial charge is 0.378 e. The average molecular weight is 356 g/mol. The third-order valence-corrected chi connectivity index (χ3v) is 3.55. The van der Waals surface area contributed by atoms with E-state index in [9.17, 15) is 0 Å². The van der Waals surface area contributed by atoms with Crippen molar-refractivity contribution in [2.24, 2.45) is 0 Å². The van der Waals surface area contributed by atoms with Crippen molar-refractivity contribution in [1.29, 1.82) is 0 Å². The first-order valence-corrected chi connectivity index (χ1v) is 6.84. The predicted octanol–water partition coefficient (Wildman–Crippen LogP) is 4.53. The van der Waals surface area contributed by atoms with Crippen LogP contribution < -0.4 is 5.32 Å². The molecule has 0 fully saturated rings. The van der Waals surface area contributed by atoms with Crippen molar-refractivity contribution in [3.05, 3.63) is 56.7 Å². The summed E-state index contributed by atoms with van der Waals surface area (Å²) in [6.07, 6.45) is 1.88. The molecule has 2 rings (SSSR count). The number of anilines is 1. The summed E-state index contributed by atoms with van der Waals surface area (Å²) in [6.45, 7) is 2.75. The molecular weight excluding hydrogens is 344 g/mol. The molecule has 0 bridgehead atoms. The van der Waals surface area contributed by atoms with Crippen LogP contribution in [0, 0.1) is 6.92 Å². The topological polar surface area (TPSA) is 24.9 Å². The lowest BCUT2D eigenvalue weighted by atomic mass is 10.2. The molecule has 0 saturated carbocycles. The van der Waals surface area contributed by atoms with E-state index in [0.717, 1.165) is 26.9 Å². The van der Waals surface area contributed by atoms with Crippen molar-refractivity contribution in [2.45, 2.75) is 13.5 Å². The second kappa shape index (κ2) is 5.65. The van der Waals surface area contributed by atoms with Gasteiger partial charge < -0.3 is 5.32 Å². The quantitative estimate of drug-likeness (QED) is 0.875. The number of pyridine rings is 1. The standard InChI is InChI=1S/C13H12Br2N2/c1-9-2-4-11(16-7-9)8-17-13-6-10(14)3-5-12(13)15/h2-7,17H,8H2,1H3. The molecule has 0 atom stereocenters. The molecule has 0 radical (unpaired) electrons. The average Bonchev–Trinajstić information content (AvgIpc) is 2.32. The van der Waals surface area contributed by atoms with Crippen LogP contribution in [-0.4, -0.2) is 4.98 Å². The fourth-order valence-electron chi connectivity index (χ4n) is 1.42.